The van der Waals surface area contributed by atoms with E-state index in [1.807, 2.05) is 6.07 Å². The Balaban J connectivity index is 1.76. The van der Waals surface area contributed by atoms with Crippen LogP contribution in [0.1, 0.15) is 30.6 Å². The highest BCUT2D eigenvalue weighted by Crippen LogP contribution is 2.27. The average Bonchev–Trinajstić information content (AvgIpc) is 2.67. The number of benzene rings is 2. The van der Waals surface area contributed by atoms with Gasteiger partial charge in [-0.3, -0.25) is 4.79 Å². The summed E-state index contributed by atoms with van der Waals surface area (Å²) in [6, 6.07) is 13.2. The molecule has 3 rings (SSSR count). The summed E-state index contributed by atoms with van der Waals surface area (Å²) in [4.78, 5) is 12.7. The summed E-state index contributed by atoms with van der Waals surface area (Å²) in [7, 11) is -2.02. The molecule has 1 heterocycles. The van der Waals surface area contributed by atoms with Crippen LogP contribution in [0.2, 0.25) is 0 Å². The molecule has 7 heteroatoms. The summed E-state index contributed by atoms with van der Waals surface area (Å²) in [6.45, 7) is 5.21. The summed E-state index contributed by atoms with van der Waals surface area (Å²) >= 11 is 0. The van der Waals surface area contributed by atoms with Gasteiger partial charge in [0.25, 0.3) is 5.91 Å². The number of rotatable bonds is 5. The van der Waals surface area contributed by atoms with Gasteiger partial charge in [0.1, 0.15) is 5.75 Å². The molecule has 2 atom stereocenters. The van der Waals surface area contributed by atoms with Gasteiger partial charge in [0.2, 0.25) is 10.0 Å². The molecule has 28 heavy (non-hydrogen) atoms. The number of amides is 1. The molecule has 0 aromatic heterocycles. The second kappa shape index (κ2) is 8.32. The van der Waals surface area contributed by atoms with Gasteiger partial charge < -0.3 is 10.1 Å². The summed E-state index contributed by atoms with van der Waals surface area (Å²) < 4.78 is 32.7. The van der Waals surface area contributed by atoms with Gasteiger partial charge in [-0.1, -0.05) is 26.0 Å². The molecule has 6 nitrogen and oxygen atoms in total. The lowest BCUT2D eigenvalue weighted by Crippen LogP contribution is -2.42. The molecule has 0 aliphatic carbocycles. The quantitative estimate of drug-likeness (QED) is 0.829. The first kappa shape index (κ1) is 20.4. The molecule has 2 aromatic carbocycles. The van der Waals surface area contributed by atoms with Crippen molar-refractivity contribution in [1.29, 1.82) is 0 Å². The summed E-state index contributed by atoms with van der Waals surface area (Å²) in [5.74, 6) is 0.908. The van der Waals surface area contributed by atoms with E-state index in [0.717, 1.165) is 6.42 Å². The van der Waals surface area contributed by atoms with Crippen molar-refractivity contribution in [3.8, 4) is 5.75 Å². The number of para-hydroxylation sites is 2. The van der Waals surface area contributed by atoms with Crippen molar-refractivity contribution >= 4 is 21.6 Å². The molecule has 1 fully saturated rings. The highest BCUT2D eigenvalue weighted by Gasteiger charge is 2.31. The Labute approximate surface area is 166 Å². The third kappa shape index (κ3) is 4.36. The van der Waals surface area contributed by atoms with Gasteiger partial charge in [-0.05, 0) is 54.7 Å². The van der Waals surface area contributed by atoms with Gasteiger partial charge in [0.15, 0.2) is 0 Å². The maximum absolute atomic E-state index is 12.9. The highest BCUT2D eigenvalue weighted by atomic mass is 32.2. The first-order valence-corrected chi connectivity index (χ1v) is 10.8. The molecular weight excluding hydrogens is 376 g/mol. The van der Waals surface area contributed by atoms with Crippen LogP contribution in [0.3, 0.4) is 0 Å². The van der Waals surface area contributed by atoms with Gasteiger partial charge in [-0.25, -0.2) is 8.42 Å². The fourth-order valence-corrected chi connectivity index (χ4v) is 5.35. The van der Waals surface area contributed by atoms with Crippen LogP contribution in [-0.4, -0.2) is 38.8 Å². The van der Waals surface area contributed by atoms with Crippen molar-refractivity contribution in [2.75, 3.05) is 25.5 Å². The Morgan fingerprint density at radius 2 is 1.64 bits per heavy atom. The number of hydrogen-bond donors (Lipinski definition) is 1. The van der Waals surface area contributed by atoms with Crippen molar-refractivity contribution in [2.24, 2.45) is 11.8 Å². The summed E-state index contributed by atoms with van der Waals surface area (Å²) in [5, 5.41) is 2.79. The van der Waals surface area contributed by atoms with Crippen LogP contribution in [0.4, 0.5) is 5.69 Å². The minimum Gasteiger partial charge on any atom is -0.495 e. The lowest BCUT2D eigenvalue weighted by Gasteiger charge is -2.34. The predicted octanol–water partition coefficient (Wildman–Crippen LogP) is 3.61. The molecule has 2 aromatic rings. The normalized spacial score (nSPS) is 20.5. The van der Waals surface area contributed by atoms with Crippen molar-refractivity contribution in [2.45, 2.75) is 25.2 Å². The highest BCUT2D eigenvalue weighted by molar-refractivity contribution is 7.89. The monoisotopic (exact) mass is 402 g/mol. The van der Waals surface area contributed by atoms with Gasteiger partial charge in [0.05, 0.1) is 17.7 Å². The number of methoxy groups -OCH3 is 1. The molecule has 0 radical (unpaired) electrons. The SMILES string of the molecule is COc1ccccc1NC(=O)c1ccc(S(=O)(=O)N2CC(C)CC(C)C2)cc1. The largest absolute Gasteiger partial charge is 0.495 e. The molecule has 150 valence electrons. The van der Waals surface area contributed by atoms with Crippen molar-refractivity contribution in [3.05, 3.63) is 54.1 Å². The first-order chi connectivity index (χ1) is 13.3. The Hall–Kier alpha value is -2.38. The van der Waals surface area contributed by atoms with Crippen LogP contribution in [0.5, 0.6) is 5.75 Å². The number of ether oxygens (including phenoxy) is 1. The molecular formula is C21H26N2O4S. The lowest BCUT2D eigenvalue weighted by atomic mass is 9.94. The Kier molecular flexibility index (Phi) is 6.05. The van der Waals surface area contributed by atoms with E-state index in [2.05, 4.69) is 19.2 Å². The van der Waals surface area contributed by atoms with E-state index in [4.69, 9.17) is 4.74 Å². The van der Waals surface area contributed by atoms with E-state index in [1.54, 1.807) is 22.5 Å². The van der Waals surface area contributed by atoms with E-state index in [-0.39, 0.29) is 10.8 Å². The summed E-state index contributed by atoms with van der Waals surface area (Å²) in [6.07, 6.45) is 1.04. The average molecular weight is 403 g/mol. The summed E-state index contributed by atoms with van der Waals surface area (Å²) in [5.41, 5.74) is 0.938. The van der Waals surface area contributed by atoms with Gasteiger partial charge in [-0.2, -0.15) is 4.31 Å². The fourth-order valence-electron chi connectivity index (χ4n) is 3.67. The maximum atomic E-state index is 12.9. The van der Waals surface area contributed by atoms with E-state index in [0.29, 0.717) is 41.9 Å². The van der Waals surface area contributed by atoms with Crippen LogP contribution in [0.15, 0.2) is 53.4 Å². The van der Waals surface area contributed by atoms with Crippen molar-refractivity contribution in [3.63, 3.8) is 0 Å². The molecule has 0 spiro atoms. The third-order valence-electron chi connectivity index (χ3n) is 4.94. The second-order valence-electron chi connectivity index (χ2n) is 7.45. The number of nitrogens with zero attached hydrogens (tertiary/aromatic N) is 1. The zero-order valence-corrected chi connectivity index (χ0v) is 17.2. The molecule has 0 bridgehead atoms. The zero-order valence-electron chi connectivity index (χ0n) is 16.4. The fraction of sp³-hybridized carbons (Fsp3) is 0.381. The van der Waals surface area contributed by atoms with Crippen LogP contribution in [0, 0.1) is 11.8 Å². The molecule has 1 aliphatic heterocycles. The number of anilines is 1. The van der Waals surface area contributed by atoms with Crippen molar-refractivity contribution < 1.29 is 17.9 Å². The van der Waals surface area contributed by atoms with Crippen LogP contribution < -0.4 is 10.1 Å². The number of sulfonamides is 1. The number of nitrogens with one attached hydrogen (secondary N) is 1. The molecule has 1 saturated heterocycles. The van der Waals surface area contributed by atoms with E-state index < -0.39 is 10.0 Å². The molecule has 2 unspecified atom stereocenters. The standard InChI is InChI=1S/C21H26N2O4S/c1-15-12-16(2)14-23(13-15)28(25,26)18-10-8-17(9-11-18)21(24)22-19-6-4-5-7-20(19)27-3/h4-11,15-16H,12-14H2,1-3H3,(H,22,24). The first-order valence-electron chi connectivity index (χ1n) is 9.36. The van der Waals surface area contributed by atoms with Crippen LogP contribution in [0.25, 0.3) is 0 Å². The van der Waals surface area contributed by atoms with E-state index >= 15 is 0 Å². The zero-order chi connectivity index (χ0) is 20.3. The van der Waals surface area contributed by atoms with Gasteiger partial charge in [-0.15, -0.1) is 0 Å². The lowest BCUT2D eigenvalue weighted by molar-refractivity contribution is 0.102. The maximum Gasteiger partial charge on any atom is 0.255 e. The Morgan fingerprint density at radius 3 is 2.25 bits per heavy atom. The molecule has 0 saturated carbocycles. The molecule has 1 N–H and O–H groups in total. The van der Waals surface area contributed by atoms with Gasteiger partial charge >= 0.3 is 0 Å². The Morgan fingerprint density at radius 1 is 1.04 bits per heavy atom. The van der Waals surface area contributed by atoms with Crippen LogP contribution in [-0.2, 0) is 10.0 Å². The third-order valence-corrected chi connectivity index (χ3v) is 6.79. The topological polar surface area (TPSA) is 75.7 Å². The smallest absolute Gasteiger partial charge is 0.255 e. The molecule has 1 amide bonds. The van der Waals surface area contributed by atoms with Crippen LogP contribution >= 0.6 is 0 Å². The minimum absolute atomic E-state index is 0.211. The number of piperidine rings is 1. The Bertz CT molecular complexity index is 931. The van der Waals surface area contributed by atoms with Gasteiger partial charge in [0, 0.05) is 18.7 Å². The predicted molar refractivity (Wildman–Crippen MR) is 109 cm³/mol. The van der Waals surface area contributed by atoms with E-state index in [9.17, 15) is 13.2 Å². The number of carbonyl (C=O) groups excluding carboxylic acids is 1. The number of carbonyl (C=O) groups is 1. The van der Waals surface area contributed by atoms with Crippen molar-refractivity contribution in [1.82, 2.24) is 4.31 Å². The second-order valence-corrected chi connectivity index (χ2v) is 9.38. The van der Waals surface area contributed by atoms with E-state index in [1.165, 1.54) is 31.4 Å². The molecule has 1 aliphatic rings. The minimum atomic E-state index is -3.56. The number of hydrogen-bond acceptors (Lipinski definition) is 4.